The zero-order chi connectivity index (χ0) is 19.3. The summed E-state index contributed by atoms with van der Waals surface area (Å²) in [5.74, 6) is -1.03. The number of rotatable bonds is 19. The fourth-order valence-electron chi connectivity index (χ4n) is 2.91. The molecule has 0 fully saturated rings. The topological polar surface area (TPSA) is 69.2 Å². The minimum absolute atomic E-state index is 0.00762. The number of hydrogen-bond donors (Lipinski definition) is 1. The Bertz CT molecular complexity index is 366. The molecule has 1 N–H and O–H groups in total. The lowest BCUT2D eigenvalue weighted by molar-refractivity contribution is -0.305. The molecule has 0 saturated carbocycles. The van der Waals surface area contributed by atoms with Crippen LogP contribution in [0, 0.1) is 0 Å². The number of carbonyl (C=O) groups excluding carboxylic acids is 2. The number of carboxylic acid groups (broad SMARTS) is 1. The van der Waals surface area contributed by atoms with E-state index in [4.69, 9.17) is 0 Å². The normalized spacial score (nSPS) is 11.1. The van der Waals surface area contributed by atoms with E-state index < -0.39 is 5.97 Å². The van der Waals surface area contributed by atoms with Crippen LogP contribution in [0.2, 0.25) is 0 Å². The summed E-state index contributed by atoms with van der Waals surface area (Å²) in [6.45, 7) is 2.68. The van der Waals surface area contributed by atoms with Crippen LogP contribution in [0.25, 0.3) is 0 Å². The third kappa shape index (κ3) is 20.7. The van der Waals surface area contributed by atoms with E-state index in [0.717, 1.165) is 12.8 Å². The second-order valence-electron chi connectivity index (χ2n) is 7.16. The second kappa shape index (κ2) is 20.0. The van der Waals surface area contributed by atoms with Crippen molar-refractivity contribution < 1.29 is 14.7 Å². The van der Waals surface area contributed by atoms with Gasteiger partial charge in [0.2, 0.25) is 5.91 Å². The van der Waals surface area contributed by atoms with Crippen LogP contribution in [0.1, 0.15) is 110 Å². The first kappa shape index (κ1) is 24.7. The van der Waals surface area contributed by atoms with Crippen molar-refractivity contribution in [3.05, 3.63) is 12.2 Å². The van der Waals surface area contributed by atoms with Crippen LogP contribution in [0.3, 0.4) is 0 Å². The zero-order valence-corrected chi connectivity index (χ0v) is 16.9. The Morgan fingerprint density at radius 1 is 0.731 bits per heavy atom. The number of aliphatic carboxylic acids is 1. The zero-order valence-electron chi connectivity index (χ0n) is 16.9. The molecule has 0 saturated heterocycles. The molecule has 0 rings (SSSR count). The Morgan fingerprint density at radius 3 is 1.85 bits per heavy atom. The molecule has 4 nitrogen and oxygen atoms in total. The molecule has 1 amide bonds. The molecule has 0 atom stereocenters. The average Bonchev–Trinajstić information content (AvgIpc) is 2.62. The molecule has 0 aromatic rings. The van der Waals surface area contributed by atoms with E-state index in [2.05, 4.69) is 24.4 Å². The highest BCUT2D eigenvalue weighted by Crippen LogP contribution is 2.09. The van der Waals surface area contributed by atoms with Gasteiger partial charge in [-0.05, 0) is 44.9 Å². The summed E-state index contributed by atoms with van der Waals surface area (Å²) in [7, 11) is 0. The van der Waals surface area contributed by atoms with Crippen LogP contribution >= 0.6 is 0 Å². The number of hydrogen-bond acceptors (Lipinski definition) is 3. The van der Waals surface area contributed by atoms with Crippen molar-refractivity contribution in [2.75, 3.05) is 6.54 Å². The van der Waals surface area contributed by atoms with Crippen molar-refractivity contribution in [1.29, 1.82) is 0 Å². The lowest BCUT2D eigenvalue weighted by atomic mass is 10.1. The van der Waals surface area contributed by atoms with Gasteiger partial charge in [-0.15, -0.1) is 0 Å². The quantitative estimate of drug-likeness (QED) is 0.267. The summed E-state index contributed by atoms with van der Waals surface area (Å²) in [4.78, 5) is 21.8. The molecule has 0 unspecified atom stereocenters. The molecular weight excluding hydrogens is 326 g/mol. The van der Waals surface area contributed by atoms with Gasteiger partial charge in [-0.1, -0.05) is 70.4 Å². The number of carbonyl (C=O) groups is 2. The van der Waals surface area contributed by atoms with Gasteiger partial charge in [0, 0.05) is 18.9 Å². The van der Waals surface area contributed by atoms with Gasteiger partial charge in [-0.25, -0.2) is 0 Å². The minimum Gasteiger partial charge on any atom is -0.550 e. The van der Waals surface area contributed by atoms with Crippen molar-refractivity contribution in [1.82, 2.24) is 5.32 Å². The van der Waals surface area contributed by atoms with Crippen molar-refractivity contribution in [3.63, 3.8) is 0 Å². The Morgan fingerprint density at radius 2 is 1.27 bits per heavy atom. The first-order chi connectivity index (χ1) is 12.7. The summed E-state index contributed by atoms with van der Waals surface area (Å²) in [5, 5.41) is 13.0. The van der Waals surface area contributed by atoms with Gasteiger partial charge >= 0.3 is 0 Å². The van der Waals surface area contributed by atoms with Crippen LogP contribution in [0.4, 0.5) is 0 Å². The van der Waals surface area contributed by atoms with Gasteiger partial charge in [0.25, 0.3) is 0 Å². The summed E-state index contributed by atoms with van der Waals surface area (Å²) >= 11 is 0. The molecular formula is C22H40NO3-. The lowest BCUT2D eigenvalue weighted by Gasteiger charge is -2.05. The molecule has 0 heterocycles. The van der Waals surface area contributed by atoms with Crippen LogP contribution in [0.5, 0.6) is 0 Å². The molecule has 0 aliphatic rings. The maximum Gasteiger partial charge on any atom is 0.219 e. The standard InChI is InChI=1S/C22H41NO3/c1-2-3-4-5-6-7-8-9-10-11-12-13-14-15-16-18-21(24)23-20-17-19-22(25)26/h9-10H,2-8,11-20H2,1H3,(H,23,24)(H,25,26)/p-1/b10-9-. The van der Waals surface area contributed by atoms with Gasteiger partial charge in [0.15, 0.2) is 0 Å². The van der Waals surface area contributed by atoms with E-state index in [1.54, 1.807) is 0 Å². The molecule has 0 spiro atoms. The number of carboxylic acids is 1. The highest BCUT2D eigenvalue weighted by molar-refractivity contribution is 5.75. The largest absolute Gasteiger partial charge is 0.550 e. The van der Waals surface area contributed by atoms with E-state index in [9.17, 15) is 14.7 Å². The smallest absolute Gasteiger partial charge is 0.219 e. The molecule has 0 radical (unpaired) electrons. The van der Waals surface area contributed by atoms with Crippen molar-refractivity contribution in [3.8, 4) is 0 Å². The molecule has 0 aliphatic heterocycles. The molecule has 26 heavy (non-hydrogen) atoms. The van der Waals surface area contributed by atoms with Crippen LogP contribution < -0.4 is 10.4 Å². The van der Waals surface area contributed by atoms with Gasteiger partial charge in [0.1, 0.15) is 0 Å². The van der Waals surface area contributed by atoms with Gasteiger partial charge < -0.3 is 15.2 Å². The Labute approximate surface area is 160 Å². The average molecular weight is 367 g/mol. The highest BCUT2D eigenvalue weighted by atomic mass is 16.4. The van der Waals surface area contributed by atoms with Gasteiger partial charge in [-0.3, -0.25) is 4.79 Å². The fourth-order valence-corrected chi connectivity index (χ4v) is 2.91. The van der Waals surface area contributed by atoms with Gasteiger partial charge in [0.05, 0.1) is 0 Å². The molecule has 0 bridgehead atoms. The van der Waals surface area contributed by atoms with E-state index in [0.29, 0.717) is 19.4 Å². The van der Waals surface area contributed by atoms with Gasteiger partial charge in [-0.2, -0.15) is 0 Å². The molecule has 0 aliphatic carbocycles. The highest BCUT2D eigenvalue weighted by Gasteiger charge is 2.00. The summed E-state index contributed by atoms with van der Waals surface area (Å²) in [6, 6.07) is 0. The van der Waals surface area contributed by atoms with Crippen LogP contribution in [-0.2, 0) is 9.59 Å². The number of amides is 1. The van der Waals surface area contributed by atoms with Crippen molar-refractivity contribution in [2.24, 2.45) is 0 Å². The molecule has 0 aromatic carbocycles. The third-order valence-corrected chi connectivity index (χ3v) is 4.55. The number of unbranched alkanes of at least 4 members (excludes halogenated alkanes) is 11. The predicted molar refractivity (Wildman–Crippen MR) is 107 cm³/mol. The van der Waals surface area contributed by atoms with E-state index in [-0.39, 0.29) is 12.3 Å². The molecule has 152 valence electrons. The maximum atomic E-state index is 11.5. The first-order valence-corrected chi connectivity index (χ1v) is 10.8. The Balaban J connectivity index is 3.22. The monoisotopic (exact) mass is 366 g/mol. The summed E-state index contributed by atoms with van der Waals surface area (Å²) in [5.41, 5.74) is 0. The van der Waals surface area contributed by atoms with Crippen LogP contribution in [-0.4, -0.2) is 18.4 Å². The summed E-state index contributed by atoms with van der Waals surface area (Å²) < 4.78 is 0. The number of allylic oxidation sites excluding steroid dienone is 2. The second-order valence-corrected chi connectivity index (χ2v) is 7.16. The fraction of sp³-hybridized carbons (Fsp3) is 0.818. The first-order valence-electron chi connectivity index (χ1n) is 10.8. The maximum absolute atomic E-state index is 11.5. The lowest BCUT2D eigenvalue weighted by Crippen LogP contribution is -2.27. The third-order valence-electron chi connectivity index (χ3n) is 4.55. The molecule has 4 heteroatoms. The van der Waals surface area contributed by atoms with Crippen molar-refractivity contribution in [2.45, 2.75) is 110 Å². The number of nitrogens with one attached hydrogen (secondary N) is 1. The van der Waals surface area contributed by atoms with E-state index >= 15 is 0 Å². The Kier molecular flexibility index (Phi) is 19.0. The van der Waals surface area contributed by atoms with Crippen LogP contribution in [0.15, 0.2) is 12.2 Å². The predicted octanol–water partition coefficient (Wildman–Crippen LogP) is 4.67. The Hall–Kier alpha value is -1.32. The van der Waals surface area contributed by atoms with E-state index in [1.165, 1.54) is 70.6 Å². The summed E-state index contributed by atoms with van der Waals surface area (Å²) in [6.07, 6.45) is 21.9. The van der Waals surface area contributed by atoms with Crippen molar-refractivity contribution >= 4 is 11.9 Å². The molecule has 0 aromatic heterocycles. The SMILES string of the molecule is CCCCCCCC/C=C\CCCCCCCC(=O)NCCCC(=O)[O-]. The minimum atomic E-state index is -1.06. The van der Waals surface area contributed by atoms with E-state index in [1.807, 2.05) is 0 Å².